The average molecular weight is 212 g/mol. The molecule has 0 radical (unpaired) electrons. The van der Waals surface area contributed by atoms with Crippen LogP contribution in [0.5, 0.6) is 0 Å². The van der Waals surface area contributed by atoms with E-state index in [-0.39, 0.29) is 6.54 Å². The third-order valence-electron chi connectivity index (χ3n) is 1.96. The van der Waals surface area contributed by atoms with Crippen LogP contribution in [0.25, 0.3) is 0 Å². The zero-order valence-corrected chi connectivity index (χ0v) is 8.00. The summed E-state index contributed by atoms with van der Waals surface area (Å²) in [6, 6.07) is 8.46. The lowest BCUT2D eigenvalue weighted by Gasteiger charge is -2.09. The Labute approximate surface area is 103 Å². The van der Waals surface area contributed by atoms with Crippen LogP contribution in [-0.2, 0) is 11.3 Å². The van der Waals surface area contributed by atoms with Gasteiger partial charge in [0.1, 0.15) is 0 Å². The zero-order valence-electron chi connectivity index (χ0n) is 17.0. The topological polar surface area (TPSA) is 29.1 Å². The molecule has 0 aliphatic heterocycles. The third-order valence-corrected chi connectivity index (χ3v) is 1.96. The summed E-state index contributed by atoms with van der Waals surface area (Å²) in [5, 5.41) is 2.23. The van der Waals surface area contributed by atoms with Gasteiger partial charge in [-0.1, -0.05) is 43.1 Å². The summed E-state index contributed by atoms with van der Waals surface area (Å²) in [6.07, 6.45) is -13.5. The van der Waals surface area contributed by atoms with E-state index in [1.54, 1.807) is 30.3 Å². The molecule has 0 saturated heterocycles. The molecule has 1 aliphatic rings. The fraction of sp³-hybridized carbons (Fsp3) is 0.462. The van der Waals surface area contributed by atoms with Crippen molar-refractivity contribution in [3.63, 3.8) is 0 Å². The molecule has 0 spiro atoms. The van der Waals surface area contributed by atoms with Crippen molar-refractivity contribution >= 4 is 5.91 Å². The van der Waals surface area contributed by atoms with Crippen molar-refractivity contribution in [2.75, 3.05) is 0 Å². The number of amides is 1. The van der Waals surface area contributed by atoms with E-state index < -0.39 is 37.3 Å². The maximum absolute atomic E-state index is 12.4. The Morgan fingerprint density at radius 2 is 2.07 bits per heavy atom. The summed E-state index contributed by atoms with van der Waals surface area (Å²) in [7, 11) is 0. The molecular formula is C13H17NO. The van der Waals surface area contributed by atoms with Gasteiger partial charge in [-0.3, -0.25) is 4.79 Å². The molecule has 1 aromatic rings. The lowest BCUT2D eigenvalue weighted by atomic mass is 10.1. The molecule has 0 aromatic heterocycles. The molecule has 0 bridgehead atoms. The highest BCUT2D eigenvalue weighted by Gasteiger charge is 2.21. The van der Waals surface area contributed by atoms with Gasteiger partial charge < -0.3 is 5.32 Å². The number of nitrogens with one attached hydrogen (secondary N) is 1. The first-order chi connectivity index (χ1) is 10.7. The van der Waals surface area contributed by atoms with Crippen molar-refractivity contribution in [2.24, 2.45) is 5.89 Å². The molecule has 1 fully saturated rings. The fourth-order valence-corrected chi connectivity index (χ4v) is 1.20. The molecule has 1 aromatic carbocycles. The van der Waals surface area contributed by atoms with E-state index in [0.29, 0.717) is 5.56 Å². The van der Waals surface area contributed by atoms with Crippen LogP contribution in [0.3, 0.4) is 0 Å². The molecule has 2 nitrogen and oxygen atoms in total. The number of carbonyl (C=O) groups excluding carboxylic acids is 1. The maximum Gasteiger partial charge on any atom is 0.223 e. The van der Waals surface area contributed by atoms with E-state index in [0.717, 1.165) is 0 Å². The average Bonchev–Trinajstić information content (AvgIpc) is 2.56. The number of rotatable bonds is 3. The monoisotopic (exact) mass is 212 g/mol. The molecule has 15 heavy (non-hydrogen) atoms. The minimum absolute atomic E-state index is 0.113. The van der Waals surface area contributed by atoms with Gasteiger partial charge in [-0.15, -0.1) is 0 Å². The lowest BCUT2D eigenvalue weighted by Crippen LogP contribution is -2.28. The number of benzene rings is 1. The van der Waals surface area contributed by atoms with Crippen LogP contribution in [-0.4, -0.2) is 5.91 Å². The van der Waals surface area contributed by atoms with Crippen LogP contribution >= 0.6 is 0 Å². The third kappa shape index (κ3) is 2.82. The lowest BCUT2D eigenvalue weighted by molar-refractivity contribution is -0.124. The second-order valence-corrected chi connectivity index (χ2v) is 3.04. The van der Waals surface area contributed by atoms with Gasteiger partial charge in [0.15, 0.2) is 0 Å². The normalized spacial score (nSPS) is 40.9. The van der Waals surface area contributed by atoms with Crippen LogP contribution in [0, 0.1) is 5.89 Å². The zero-order chi connectivity index (χ0) is 18.6. The van der Waals surface area contributed by atoms with E-state index in [1.807, 2.05) is 0 Å². The van der Waals surface area contributed by atoms with Crippen molar-refractivity contribution in [3.05, 3.63) is 35.9 Å². The Hall–Kier alpha value is -1.31. The van der Waals surface area contributed by atoms with Crippen molar-refractivity contribution in [2.45, 2.75) is 32.0 Å². The van der Waals surface area contributed by atoms with Gasteiger partial charge in [0, 0.05) is 24.8 Å². The molecule has 2 heteroatoms. The van der Waals surface area contributed by atoms with Crippen molar-refractivity contribution < 1.29 is 17.1 Å². The molecule has 0 heterocycles. The predicted molar refractivity (Wildman–Crippen MR) is 60.2 cm³/mol. The van der Waals surface area contributed by atoms with Crippen LogP contribution in [0.4, 0.5) is 0 Å². The quantitative estimate of drug-likeness (QED) is 0.819. The van der Waals surface area contributed by atoms with Gasteiger partial charge in [0.05, 0.1) is 0 Å². The number of carbonyl (C=O) groups is 1. The molecule has 1 amide bonds. The van der Waals surface area contributed by atoms with Crippen LogP contribution in [0.1, 0.15) is 43.4 Å². The van der Waals surface area contributed by atoms with Crippen LogP contribution in [0.15, 0.2) is 30.3 Å². The Bertz CT molecular complexity index is 618. The summed E-state index contributed by atoms with van der Waals surface area (Å²) in [4.78, 5) is 12.4. The van der Waals surface area contributed by atoms with Gasteiger partial charge in [-0.05, 0) is 18.3 Å². The number of hydrogen-bond acceptors (Lipinski definition) is 1. The second kappa shape index (κ2) is 4.96. The summed E-state index contributed by atoms with van der Waals surface area (Å²) in [5.41, 5.74) is 0.625. The Balaban J connectivity index is 2.40. The fourth-order valence-electron chi connectivity index (χ4n) is 1.20. The highest BCUT2D eigenvalue weighted by Crippen LogP contribution is 2.24. The van der Waals surface area contributed by atoms with Crippen molar-refractivity contribution in [1.82, 2.24) is 5.32 Å². The minimum atomic E-state index is -3.38. The second-order valence-electron chi connectivity index (χ2n) is 3.04. The Kier molecular flexibility index (Phi) is 1.30. The first-order valence-electron chi connectivity index (χ1n) is 9.07. The summed E-state index contributed by atoms with van der Waals surface area (Å²) in [6.45, 7) is -0.113. The van der Waals surface area contributed by atoms with Gasteiger partial charge in [0.2, 0.25) is 5.91 Å². The van der Waals surface area contributed by atoms with Crippen molar-refractivity contribution in [3.8, 4) is 0 Å². The van der Waals surface area contributed by atoms with Crippen LogP contribution in [0.2, 0.25) is 0 Å². The molecule has 80 valence electrons. The summed E-state index contributed by atoms with van der Waals surface area (Å²) >= 11 is 0. The van der Waals surface area contributed by atoms with Gasteiger partial charge >= 0.3 is 0 Å². The smallest absolute Gasteiger partial charge is 0.223 e. The standard InChI is InChI=1S/C13H17NO/c15-13(12-8-4-5-9-12)14-10-11-6-2-1-3-7-11/h1-3,6-7,12H,4-5,8-10H2,(H,14,15)/i4D2,5D2,8D2,9D2,12D. The van der Waals surface area contributed by atoms with E-state index in [4.69, 9.17) is 12.3 Å². The van der Waals surface area contributed by atoms with Gasteiger partial charge in [-0.25, -0.2) is 0 Å². The molecule has 2 rings (SSSR count). The summed E-state index contributed by atoms with van der Waals surface area (Å²) in [5.74, 6) is -4.69. The van der Waals surface area contributed by atoms with Crippen LogP contribution < -0.4 is 5.32 Å². The summed E-state index contributed by atoms with van der Waals surface area (Å²) < 4.78 is 70.1. The molecular weight excluding hydrogens is 186 g/mol. The van der Waals surface area contributed by atoms with E-state index in [1.165, 1.54) is 0 Å². The first-order valence-corrected chi connectivity index (χ1v) is 4.57. The largest absolute Gasteiger partial charge is 0.352 e. The molecule has 1 saturated carbocycles. The van der Waals surface area contributed by atoms with E-state index >= 15 is 0 Å². The minimum Gasteiger partial charge on any atom is -0.352 e. The highest BCUT2D eigenvalue weighted by atomic mass is 16.1. The predicted octanol–water partition coefficient (Wildman–Crippen LogP) is 2.49. The number of hydrogen-bond donors (Lipinski definition) is 1. The maximum atomic E-state index is 12.4. The molecule has 1 aliphatic carbocycles. The molecule has 0 atom stereocenters. The van der Waals surface area contributed by atoms with Gasteiger partial charge in [-0.2, -0.15) is 0 Å². The molecule has 0 unspecified atom stereocenters. The first kappa shape index (κ1) is 3.93. The SMILES string of the molecule is [2H]C1([2H])C([2H])([2H])C([2H])([2H])C([2H])(C(=O)NCc2ccccc2)C1([2H])[2H]. The molecule has 1 N–H and O–H groups in total. The van der Waals surface area contributed by atoms with Crippen molar-refractivity contribution in [1.29, 1.82) is 0 Å². The Morgan fingerprint density at radius 1 is 1.40 bits per heavy atom. The van der Waals surface area contributed by atoms with E-state index in [9.17, 15) is 4.79 Å². The Morgan fingerprint density at radius 3 is 2.73 bits per heavy atom. The van der Waals surface area contributed by atoms with Gasteiger partial charge in [0.25, 0.3) is 0 Å². The van der Waals surface area contributed by atoms with E-state index in [2.05, 4.69) is 5.32 Å². The highest BCUT2D eigenvalue weighted by molar-refractivity contribution is 5.78.